The van der Waals surface area contributed by atoms with Gasteiger partial charge in [0.05, 0.1) is 31.8 Å². The van der Waals surface area contributed by atoms with Crippen molar-refractivity contribution in [2.75, 3.05) is 26.4 Å². The Balaban J connectivity index is 0. The van der Waals surface area contributed by atoms with Crippen LogP contribution in [-0.4, -0.2) is 85.1 Å². The van der Waals surface area contributed by atoms with Crippen LogP contribution in [0.25, 0.3) is 0 Å². The van der Waals surface area contributed by atoms with E-state index in [-0.39, 0.29) is 6.42 Å². The van der Waals surface area contributed by atoms with E-state index >= 15 is 0 Å². The first-order chi connectivity index (χ1) is 15.2. The molecule has 8 N–H and O–H groups in total. The van der Waals surface area contributed by atoms with Gasteiger partial charge in [-0.25, -0.2) is 4.79 Å². The van der Waals surface area contributed by atoms with Gasteiger partial charge in [-0.05, 0) is 6.42 Å². The predicted octanol–water partition coefficient (Wildman–Crippen LogP) is 1.54. The lowest BCUT2D eigenvalue weighted by atomic mass is 9.93. The molecule has 1 atom stereocenters. The molecule has 0 radical (unpaired) electrons. The van der Waals surface area contributed by atoms with Crippen molar-refractivity contribution in [2.24, 2.45) is 5.41 Å². The van der Waals surface area contributed by atoms with Gasteiger partial charge in [-0.2, -0.15) is 0 Å². The maximum Gasteiger partial charge on any atom is 0.366 e. The van der Waals surface area contributed by atoms with Gasteiger partial charge in [0.15, 0.2) is 0 Å². The van der Waals surface area contributed by atoms with Crippen LogP contribution in [0.15, 0.2) is 0 Å². The zero-order chi connectivity index (χ0) is 24.9. The third-order valence-electron chi connectivity index (χ3n) is 5.70. The van der Waals surface area contributed by atoms with Crippen LogP contribution in [0.3, 0.4) is 0 Å². The molecule has 9 heteroatoms. The highest BCUT2D eigenvalue weighted by atomic mass is 16.6. The van der Waals surface area contributed by atoms with Crippen molar-refractivity contribution >= 4 is 5.97 Å². The van der Waals surface area contributed by atoms with Crippen LogP contribution in [0.5, 0.6) is 0 Å². The van der Waals surface area contributed by atoms with Crippen LogP contribution in [0, 0.1) is 5.41 Å². The molecule has 0 aromatic rings. The molecular formula is C23H48O9. The number of hydrogen-bond acceptors (Lipinski definition) is 8. The molecule has 1 unspecified atom stereocenters. The van der Waals surface area contributed by atoms with Crippen molar-refractivity contribution in [3.05, 3.63) is 0 Å². The molecule has 0 saturated carbocycles. The average molecular weight is 469 g/mol. The molecule has 0 amide bonds. The monoisotopic (exact) mass is 468 g/mol. The molecule has 0 bridgehead atoms. The number of aliphatic carboxylic acids is 1. The van der Waals surface area contributed by atoms with Crippen LogP contribution in [-0.2, 0) is 4.79 Å². The van der Waals surface area contributed by atoms with E-state index in [2.05, 4.69) is 6.92 Å². The summed E-state index contributed by atoms with van der Waals surface area (Å²) in [7, 11) is 0. The molecule has 0 aromatic heterocycles. The van der Waals surface area contributed by atoms with E-state index in [1.807, 2.05) is 0 Å². The number of rotatable bonds is 20. The van der Waals surface area contributed by atoms with E-state index in [1.165, 1.54) is 57.8 Å². The number of unbranched alkanes of at least 4 members (excludes halogenated alkanes) is 12. The molecule has 0 aliphatic carbocycles. The summed E-state index contributed by atoms with van der Waals surface area (Å²) in [5.74, 6) is -4.84. The van der Waals surface area contributed by atoms with Gasteiger partial charge in [0.1, 0.15) is 6.10 Å². The Morgan fingerprint density at radius 3 is 1.22 bits per heavy atom. The zero-order valence-corrected chi connectivity index (χ0v) is 19.8. The number of aliphatic hydroxyl groups excluding tert-OH is 5. The molecule has 194 valence electrons. The van der Waals surface area contributed by atoms with Gasteiger partial charge in [0.25, 0.3) is 5.79 Å². The second-order valence-corrected chi connectivity index (χ2v) is 8.71. The molecule has 9 nitrogen and oxygen atoms in total. The Morgan fingerprint density at radius 1 is 0.656 bits per heavy atom. The number of carbonyl (C=O) groups is 1. The summed E-state index contributed by atoms with van der Waals surface area (Å²) in [5.41, 5.74) is -1.11. The minimum Gasteiger partial charge on any atom is -0.477 e. The minimum atomic E-state index is -3.03. The minimum absolute atomic E-state index is 0.0943. The van der Waals surface area contributed by atoms with Gasteiger partial charge in [-0.1, -0.05) is 90.4 Å². The third-order valence-corrected chi connectivity index (χ3v) is 5.70. The average Bonchev–Trinajstić information content (AvgIpc) is 2.79. The summed E-state index contributed by atoms with van der Waals surface area (Å²) in [4.78, 5) is 10.5. The summed E-state index contributed by atoms with van der Waals surface area (Å²) < 4.78 is 0. The van der Waals surface area contributed by atoms with E-state index in [9.17, 15) is 9.90 Å². The first-order valence-electron chi connectivity index (χ1n) is 12.0. The van der Waals surface area contributed by atoms with Crippen molar-refractivity contribution < 1.29 is 45.6 Å². The normalized spacial score (nSPS) is 12.9. The largest absolute Gasteiger partial charge is 0.477 e. The highest BCUT2D eigenvalue weighted by Crippen LogP contribution is 2.17. The van der Waals surface area contributed by atoms with Gasteiger partial charge in [-0.3, -0.25) is 0 Å². The lowest BCUT2D eigenvalue weighted by molar-refractivity contribution is -0.237. The fourth-order valence-electron chi connectivity index (χ4n) is 3.00. The Kier molecular flexibility index (Phi) is 21.7. The van der Waals surface area contributed by atoms with Crippen LogP contribution < -0.4 is 0 Å². The quantitative estimate of drug-likeness (QED) is 0.0971. The van der Waals surface area contributed by atoms with E-state index in [1.54, 1.807) is 0 Å². The summed E-state index contributed by atoms with van der Waals surface area (Å²) in [6.07, 6.45) is 14.0. The van der Waals surface area contributed by atoms with E-state index < -0.39 is 49.7 Å². The maximum absolute atomic E-state index is 10.5. The van der Waals surface area contributed by atoms with E-state index in [4.69, 9.17) is 35.7 Å². The Labute approximate surface area is 192 Å². The summed E-state index contributed by atoms with van der Waals surface area (Å²) in [5, 5.41) is 70.3. The summed E-state index contributed by atoms with van der Waals surface area (Å²) in [6.45, 7) is 0.608. The fourth-order valence-corrected chi connectivity index (χ4v) is 3.00. The molecule has 0 saturated heterocycles. The lowest BCUT2D eigenvalue weighted by Crippen LogP contribution is -2.49. The molecule has 0 heterocycles. The predicted molar refractivity (Wildman–Crippen MR) is 122 cm³/mol. The van der Waals surface area contributed by atoms with Gasteiger partial charge >= 0.3 is 5.97 Å². The van der Waals surface area contributed by atoms with Crippen LogP contribution in [0.2, 0.25) is 0 Å². The van der Waals surface area contributed by atoms with Gasteiger partial charge in [0, 0.05) is 0 Å². The van der Waals surface area contributed by atoms with Crippen molar-refractivity contribution in [2.45, 2.75) is 109 Å². The Bertz CT molecular complexity index is 408. The first-order valence-corrected chi connectivity index (χ1v) is 12.0. The topological polar surface area (TPSA) is 179 Å². The second kappa shape index (κ2) is 20.8. The molecule has 0 spiro atoms. The molecule has 0 aliphatic rings. The standard InChI is InChI=1S/C18H36O5.C5H12O4/c1-2-3-4-5-6-7-8-9-10-11-12-13-14-15-16(19)18(22,23)17(20)21;6-1-5(2-7,3-8)4-9/h16,19,22-23H,2-15H2,1H3,(H,20,21);6-9H,1-4H2. The van der Waals surface area contributed by atoms with Crippen molar-refractivity contribution in [3.63, 3.8) is 0 Å². The third kappa shape index (κ3) is 15.9. The molecule has 0 fully saturated rings. The smallest absolute Gasteiger partial charge is 0.366 e. The number of aliphatic hydroxyl groups is 7. The molecular weight excluding hydrogens is 420 g/mol. The van der Waals surface area contributed by atoms with E-state index in [0.29, 0.717) is 6.42 Å². The van der Waals surface area contributed by atoms with Crippen LogP contribution in [0.4, 0.5) is 0 Å². The van der Waals surface area contributed by atoms with Crippen molar-refractivity contribution in [1.29, 1.82) is 0 Å². The van der Waals surface area contributed by atoms with Crippen molar-refractivity contribution in [3.8, 4) is 0 Å². The highest BCUT2D eigenvalue weighted by molar-refractivity contribution is 5.75. The number of carboxylic acid groups (broad SMARTS) is 1. The zero-order valence-electron chi connectivity index (χ0n) is 19.8. The number of carboxylic acids is 1. The highest BCUT2D eigenvalue weighted by Gasteiger charge is 2.41. The summed E-state index contributed by atoms with van der Waals surface area (Å²) >= 11 is 0. The van der Waals surface area contributed by atoms with Gasteiger partial charge < -0.3 is 40.9 Å². The molecule has 32 heavy (non-hydrogen) atoms. The second-order valence-electron chi connectivity index (χ2n) is 8.71. The Morgan fingerprint density at radius 2 is 0.969 bits per heavy atom. The molecule has 0 aliphatic heterocycles. The summed E-state index contributed by atoms with van der Waals surface area (Å²) in [6, 6.07) is 0. The van der Waals surface area contributed by atoms with Gasteiger partial charge in [-0.15, -0.1) is 0 Å². The van der Waals surface area contributed by atoms with Crippen molar-refractivity contribution in [1.82, 2.24) is 0 Å². The maximum atomic E-state index is 10.5. The van der Waals surface area contributed by atoms with Gasteiger partial charge in [0.2, 0.25) is 0 Å². The van der Waals surface area contributed by atoms with Crippen LogP contribution in [0.1, 0.15) is 96.8 Å². The van der Waals surface area contributed by atoms with Crippen LogP contribution >= 0.6 is 0 Å². The fraction of sp³-hybridized carbons (Fsp3) is 0.957. The van der Waals surface area contributed by atoms with E-state index in [0.717, 1.165) is 19.3 Å². The molecule has 0 aromatic carbocycles. The number of hydrogen-bond donors (Lipinski definition) is 8. The Hall–Kier alpha value is -0.810. The lowest BCUT2D eigenvalue weighted by Gasteiger charge is -2.23. The SMILES string of the molecule is CCCCCCCCCCCCCCCC(O)C(O)(O)C(=O)O.OCC(CO)(CO)CO. The molecule has 0 rings (SSSR count). The first kappa shape index (κ1) is 33.4.